The van der Waals surface area contributed by atoms with Gasteiger partial charge in [-0.1, -0.05) is 71.8 Å². The molecule has 3 heterocycles. The van der Waals surface area contributed by atoms with Gasteiger partial charge in [0.2, 0.25) is 5.95 Å². The van der Waals surface area contributed by atoms with Crippen LogP contribution in [0.15, 0.2) is 84.7 Å². The summed E-state index contributed by atoms with van der Waals surface area (Å²) in [5.74, 6) is 1.52. The second-order valence-electron chi connectivity index (χ2n) is 7.81. The number of aromatic nitrogens is 3. The zero-order chi connectivity index (χ0) is 20.9. The summed E-state index contributed by atoms with van der Waals surface area (Å²) in [5.41, 5.74) is 6.32. The van der Waals surface area contributed by atoms with E-state index in [1.165, 1.54) is 5.56 Å². The molecule has 0 aliphatic carbocycles. The molecule has 1 aromatic heterocycles. The number of nitrogens with one attached hydrogen (secondary N) is 1. The van der Waals surface area contributed by atoms with Crippen LogP contribution in [0.3, 0.4) is 0 Å². The molecule has 6 rings (SSSR count). The molecule has 0 spiro atoms. The van der Waals surface area contributed by atoms with Crippen LogP contribution in [0.4, 0.5) is 5.95 Å². The van der Waals surface area contributed by atoms with E-state index < -0.39 is 0 Å². The maximum absolute atomic E-state index is 6.65. The van der Waals surface area contributed by atoms with E-state index in [-0.39, 0.29) is 12.1 Å². The van der Waals surface area contributed by atoms with E-state index in [0.29, 0.717) is 11.0 Å². The summed E-state index contributed by atoms with van der Waals surface area (Å²) < 4.78 is 8.51. The number of para-hydroxylation sites is 1. The van der Waals surface area contributed by atoms with Gasteiger partial charge in [-0.2, -0.15) is 10.1 Å². The molecule has 4 aromatic rings. The molecule has 1 N–H and O–H groups in total. The summed E-state index contributed by atoms with van der Waals surface area (Å²) in [5, 5.41) is 8.74. The van der Waals surface area contributed by atoms with Gasteiger partial charge in [0.05, 0.1) is 5.70 Å². The number of fused-ring (bicyclic) bond motifs is 3. The lowest BCUT2D eigenvalue weighted by atomic mass is 9.84. The maximum atomic E-state index is 6.65. The third-order valence-corrected chi connectivity index (χ3v) is 6.25. The first-order chi connectivity index (χ1) is 15.2. The van der Waals surface area contributed by atoms with Crippen molar-refractivity contribution in [3.63, 3.8) is 0 Å². The predicted octanol–water partition coefficient (Wildman–Crippen LogP) is 5.80. The van der Waals surface area contributed by atoms with Crippen molar-refractivity contribution in [3.05, 3.63) is 112 Å². The zero-order valence-electron chi connectivity index (χ0n) is 16.8. The maximum Gasteiger partial charge on any atom is 0.226 e. The molecule has 2 aliphatic rings. The lowest BCUT2D eigenvalue weighted by Crippen LogP contribution is -2.32. The van der Waals surface area contributed by atoms with Crippen molar-refractivity contribution in [2.45, 2.75) is 19.1 Å². The SMILES string of the molecule is Cc1ccc(C2C3=C(Nc4ncnn42)c2ccccc2OC3c2ccccc2Cl)cc1. The highest BCUT2D eigenvalue weighted by Gasteiger charge is 2.41. The van der Waals surface area contributed by atoms with Crippen molar-refractivity contribution >= 4 is 23.2 Å². The number of halogens is 1. The third-order valence-electron chi connectivity index (χ3n) is 5.90. The molecule has 0 amide bonds. The summed E-state index contributed by atoms with van der Waals surface area (Å²) in [7, 11) is 0. The Hall–Kier alpha value is -3.57. The Bertz CT molecular complexity index is 1330. The van der Waals surface area contributed by atoms with Crippen molar-refractivity contribution < 1.29 is 4.74 Å². The Morgan fingerprint density at radius 3 is 2.58 bits per heavy atom. The topological polar surface area (TPSA) is 52.0 Å². The monoisotopic (exact) mass is 426 g/mol. The molecule has 0 saturated heterocycles. The predicted molar refractivity (Wildman–Crippen MR) is 121 cm³/mol. The number of hydrogen-bond donors (Lipinski definition) is 1. The molecule has 6 heteroatoms. The van der Waals surface area contributed by atoms with E-state index in [1.807, 2.05) is 47.1 Å². The summed E-state index contributed by atoms with van der Waals surface area (Å²) in [6.45, 7) is 2.09. The number of benzene rings is 3. The number of aryl methyl sites for hydroxylation is 1. The highest BCUT2D eigenvalue weighted by Crippen LogP contribution is 2.51. The molecule has 2 atom stereocenters. The standard InChI is InChI=1S/C25H19ClN4O/c1-15-10-12-16(13-11-15)23-21-22(29-25-27-14-28-30(23)25)18-7-3-5-9-20(18)31-24(21)17-6-2-4-8-19(17)26/h2-14,23-24H,1H3,(H,27,28,29). The molecule has 2 unspecified atom stereocenters. The van der Waals surface area contributed by atoms with Crippen LogP contribution in [0.5, 0.6) is 5.75 Å². The molecule has 3 aromatic carbocycles. The van der Waals surface area contributed by atoms with Crippen LogP contribution in [0, 0.1) is 6.92 Å². The summed E-state index contributed by atoms with van der Waals surface area (Å²) in [4.78, 5) is 4.47. The number of hydrogen-bond acceptors (Lipinski definition) is 4. The molecule has 0 fully saturated rings. The van der Waals surface area contributed by atoms with Crippen molar-refractivity contribution in [1.29, 1.82) is 0 Å². The van der Waals surface area contributed by atoms with E-state index >= 15 is 0 Å². The Kier molecular flexibility index (Phi) is 4.11. The summed E-state index contributed by atoms with van der Waals surface area (Å²) in [6.07, 6.45) is 1.22. The molecule has 0 saturated carbocycles. The molecule has 2 aliphatic heterocycles. The van der Waals surface area contributed by atoms with Crippen LogP contribution in [0.25, 0.3) is 5.70 Å². The third kappa shape index (κ3) is 2.85. The Labute approximate surface area is 185 Å². The van der Waals surface area contributed by atoms with Gasteiger partial charge in [0.25, 0.3) is 0 Å². The first-order valence-corrected chi connectivity index (χ1v) is 10.6. The van der Waals surface area contributed by atoms with Gasteiger partial charge >= 0.3 is 0 Å². The minimum Gasteiger partial charge on any atom is -0.480 e. The minimum absolute atomic E-state index is 0.177. The van der Waals surface area contributed by atoms with Gasteiger partial charge in [-0.05, 0) is 30.7 Å². The number of rotatable bonds is 2. The average molecular weight is 427 g/mol. The molecular weight excluding hydrogens is 408 g/mol. The van der Waals surface area contributed by atoms with Gasteiger partial charge in [-0.3, -0.25) is 0 Å². The molecule has 5 nitrogen and oxygen atoms in total. The Morgan fingerprint density at radius 1 is 0.968 bits per heavy atom. The van der Waals surface area contributed by atoms with Gasteiger partial charge in [0.15, 0.2) is 6.10 Å². The fraction of sp³-hybridized carbons (Fsp3) is 0.120. The van der Waals surface area contributed by atoms with E-state index in [1.54, 1.807) is 6.33 Å². The van der Waals surface area contributed by atoms with Gasteiger partial charge in [0, 0.05) is 21.7 Å². The van der Waals surface area contributed by atoms with Crippen molar-refractivity contribution in [3.8, 4) is 5.75 Å². The fourth-order valence-electron chi connectivity index (χ4n) is 4.43. The van der Waals surface area contributed by atoms with Crippen LogP contribution < -0.4 is 10.1 Å². The van der Waals surface area contributed by atoms with Crippen LogP contribution >= 0.6 is 11.6 Å². The second-order valence-corrected chi connectivity index (χ2v) is 8.22. The van der Waals surface area contributed by atoms with Gasteiger partial charge in [0.1, 0.15) is 18.1 Å². The normalized spacial score (nSPS) is 19.0. The highest BCUT2D eigenvalue weighted by molar-refractivity contribution is 6.31. The largest absolute Gasteiger partial charge is 0.480 e. The Morgan fingerprint density at radius 2 is 1.74 bits per heavy atom. The molecule has 0 bridgehead atoms. The fourth-order valence-corrected chi connectivity index (χ4v) is 4.67. The molecule has 0 radical (unpaired) electrons. The molecule has 152 valence electrons. The molecular formula is C25H19ClN4O. The van der Waals surface area contributed by atoms with Crippen LogP contribution in [0.2, 0.25) is 5.02 Å². The first-order valence-electron chi connectivity index (χ1n) is 10.2. The molecule has 31 heavy (non-hydrogen) atoms. The lowest BCUT2D eigenvalue weighted by Gasteiger charge is -2.39. The van der Waals surface area contributed by atoms with Gasteiger partial charge in [-0.25, -0.2) is 4.68 Å². The second kappa shape index (κ2) is 7.00. The number of anilines is 1. The van der Waals surface area contributed by atoms with E-state index in [9.17, 15) is 0 Å². The first kappa shape index (κ1) is 18.2. The van der Waals surface area contributed by atoms with E-state index in [4.69, 9.17) is 16.3 Å². The van der Waals surface area contributed by atoms with E-state index in [0.717, 1.165) is 33.7 Å². The average Bonchev–Trinajstić information content (AvgIpc) is 3.27. The van der Waals surface area contributed by atoms with Crippen molar-refractivity contribution in [1.82, 2.24) is 14.8 Å². The van der Waals surface area contributed by atoms with Gasteiger partial charge in [-0.15, -0.1) is 0 Å². The van der Waals surface area contributed by atoms with Crippen LogP contribution in [-0.2, 0) is 0 Å². The minimum atomic E-state index is -0.366. The highest BCUT2D eigenvalue weighted by atomic mass is 35.5. The zero-order valence-corrected chi connectivity index (χ0v) is 17.5. The smallest absolute Gasteiger partial charge is 0.226 e. The van der Waals surface area contributed by atoms with Crippen LogP contribution in [-0.4, -0.2) is 14.8 Å². The quantitative estimate of drug-likeness (QED) is 0.440. The van der Waals surface area contributed by atoms with Gasteiger partial charge < -0.3 is 10.1 Å². The number of nitrogens with zero attached hydrogens (tertiary/aromatic N) is 3. The van der Waals surface area contributed by atoms with Crippen molar-refractivity contribution in [2.75, 3.05) is 5.32 Å². The summed E-state index contributed by atoms with van der Waals surface area (Å²) >= 11 is 6.65. The van der Waals surface area contributed by atoms with Crippen molar-refractivity contribution in [2.24, 2.45) is 0 Å². The van der Waals surface area contributed by atoms with E-state index in [2.05, 4.69) is 52.7 Å². The van der Waals surface area contributed by atoms with Crippen LogP contribution in [0.1, 0.15) is 34.4 Å². The number of ether oxygens (including phenoxy) is 1. The Balaban J connectivity index is 1.65. The lowest BCUT2D eigenvalue weighted by molar-refractivity contribution is 0.223. The summed E-state index contributed by atoms with van der Waals surface area (Å²) in [6, 6.07) is 24.3.